The zero-order valence-corrected chi connectivity index (χ0v) is 10.8. The minimum absolute atomic E-state index is 0.0349. The second kappa shape index (κ2) is 4.56. The Labute approximate surface area is 108 Å². The van der Waals surface area contributed by atoms with Crippen LogP contribution in [0.25, 0.3) is 10.2 Å². The molecule has 86 valence electrons. The van der Waals surface area contributed by atoms with E-state index in [-0.39, 0.29) is 6.04 Å². The van der Waals surface area contributed by atoms with Crippen LogP contribution in [0.3, 0.4) is 0 Å². The normalized spacial score (nSPS) is 13.0. The van der Waals surface area contributed by atoms with E-state index < -0.39 is 0 Å². The molecule has 2 nitrogen and oxygen atoms in total. The highest BCUT2D eigenvalue weighted by atomic mass is 32.1. The van der Waals surface area contributed by atoms with Gasteiger partial charge in [-0.25, -0.2) is 0 Å². The molecule has 0 saturated heterocycles. The smallest absolute Gasteiger partial charge is 0.0809 e. The van der Waals surface area contributed by atoms with E-state index in [0.717, 1.165) is 17.5 Å². The second-order valence-electron chi connectivity index (χ2n) is 3.96. The number of nitrogens with two attached hydrogens (primary N) is 1. The Kier molecular flexibility index (Phi) is 2.93. The standard InChI is InChI=1S/C13H12N2S2/c14-11(7-10-2-1-4-16-10)9-6-13-12(15-8-9)3-5-17-13/h1-6,8,11H,7,14H2. The largest absolute Gasteiger partial charge is 0.324 e. The number of thiophene rings is 2. The van der Waals surface area contributed by atoms with Gasteiger partial charge < -0.3 is 5.73 Å². The van der Waals surface area contributed by atoms with E-state index in [1.54, 1.807) is 22.7 Å². The van der Waals surface area contributed by atoms with E-state index in [0.29, 0.717) is 0 Å². The molecule has 0 amide bonds. The summed E-state index contributed by atoms with van der Waals surface area (Å²) in [5.41, 5.74) is 8.39. The van der Waals surface area contributed by atoms with Gasteiger partial charge >= 0.3 is 0 Å². The summed E-state index contributed by atoms with van der Waals surface area (Å²) < 4.78 is 1.21. The van der Waals surface area contributed by atoms with Crippen molar-refractivity contribution in [3.63, 3.8) is 0 Å². The average molecular weight is 260 g/mol. The van der Waals surface area contributed by atoms with Crippen LogP contribution in [0, 0.1) is 0 Å². The van der Waals surface area contributed by atoms with Crippen molar-refractivity contribution in [2.45, 2.75) is 12.5 Å². The molecule has 3 rings (SSSR count). The molecule has 1 atom stereocenters. The zero-order chi connectivity index (χ0) is 11.7. The topological polar surface area (TPSA) is 38.9 Å². The van der Waals surface area contributed by atoms with Crippen LogP contribution in [-0.4, -0.2) is 4.98 Å². The predicted molar refractivity (Wildman–Crippen MR) is 74.6 cm³/mol. The van der Waals surface area contributed by atoms with Crippen LogP contribution in [0.2, 0.25) is 0 Å². The Morgan fingerprint density at radius 1 is 1.24 bits per heavy atom. The molecule has 3 heterocycles. The maximum absolute atomic E-state index is 6.22. The summed E-state index contributed by atoms with van der Waals surface area (Å²) >= 11 is 3.46. The molecule has 0 aromatic carbocycles. The van der Waals surface area contributed by atoms with Gasteiger partial charge in [0.15, 0.2) is 0 Å². The van der Waals surface area contributed by atoms with Crippen LogP contribution in [0.1, 0.15) is 16.5 Å². The predicted octanol–water partition coefficient (Wildman–Crippen LogP) is 3.60. The van der Waals surface area contributed by atoms with Crippen LogP contribution >= 0.6 is 22.7 Å². The first-order valence-electron chi connectivity index (χ1n) is 5.44. The highest BCUT2D eigenvalue weighted by Gasteiger charge is 2.09. The highest BCUT2D eigenvalue weighted by molar-refractivity contribution is 7.17. The molecule has 0 saturated carbocycles. The van der Waals surface area contributed by atoms with Gasteiger partial charge in [-0.05, 0) is 34.5 Å². The number of pyridine rings is 1. The van der Waals surface area contributed by atoms with Gasteiger partial charge in [0.05, 0.1) is 10.2 Å². The molecule has 0 fully saturated rings. The number of aromatic nitrogens is 1. The van der Waals surface area contributed by atoms with Gasteiger partial charge in [-0.1, -0.05) is 6.07 Å². The Bertz CT molecular complexity index is 613. The Morgan fingerprint density at radius 2 is 2.18 bits per heavy atom. The van der Waals surface area contributed by atoms with Crippen molar-refractivity contribution in [1.82, 2.24) is 4.98 Å². The molecule has 3 aromatic heterocycles. The first kappa shape index (κ1) is 10.9. The van der Waals surface area contributed by atoms with Crippen molar-refractivity contribution in [1.29, 1.82) is 0 Å². The minimum atomic E-state index is 0.0349. The van der Waals surface area contributed by atoms with Gasteiger partial charge in [-0.15, -0.1) is 22.7 Å². The highest BCUT2D eigenvalue weighted by Crippen LogP contribution is 2.24. The molecule has 0 aliphatic rings. The van der Waals surface area contributed by atoms with Crippen LogP contribution in [-0.2, 0) is 6.42 Å². The number of nitrogens with zero attached hydrogens (tertiary/aromatic N) is 1. The molecule has 0 bridgehead atoms. The van der Waals surface area contributed by atoms with E-state index in [1.165, 1.54) is 9.58 Å². The maximum Gasteiger partial charge on any atom is 0.0809 e. The summed E-state index contributed by atoms with van der Waals surface area (Å²) in [6, 6.07) is 8.42. The first-order chi connectivity index (χ1) is 8.33. The zero-order valence-electron chi connectivity index (χ0n) is 9.17. The van der Waals surface area contributed by atoms with Crippen molar-refractivity contribution >= 4 is 32.9 Å². The molecule has 0 aliphatic carbocycles. The third kappa shape index (κ3) is 2.24. The first-order valence-corrected chi connectivity index (χ1v) is 7.20. The monoisotopic (exact) mass is 260 g/mol. The van der Waals surface area contributed by atoms with Gasteiger partial charge in [0.2, 0.25) is 0 Å². The van der Waals surface area contributed by atoms with Crippen molar-refractivity contribution in [3.05, 3.63) is 51.7 Å². The Hall–Kier alpha value is -1.23. The number of hydrogen-bond acceptors (Lipinski definition) is 4. The summed E-state index contributed by atoms with van der Waals surface area (Å²) in [7, 11) is 0. The lowest BCUT2D eigenvalue weighted by Gasteiger charge is -2.10. The molecule has 4 heteroatoms. The summed E-state index contributed by atoms with van der Waals surface area (Å²) in [6.07, 6.45) is 2.78. The fourth-order valence-corrected chi connectivity index (χ4v) is 3.38. The lowest BCUT2D eigenvalue weighted by molar-refractivity contribution is 0.728. The van der Waals surface area contributed by atoms with Crippen LogP contribution < -0.4 is 5.73 Å². The maximum atomic E-state index is 6.22. The summed E-state index contributed by atoms with van der Waals surface area (Å²) in [5.74, 6) is 0. The molecule has 0 radical (unpaired) electrons. The lowest BCUT2D eigenvalue weighted by atomic mass is 10.1. The van der Waals surface area contributed by atoms with E-state index >= 15 is 0 Å². The third-order valence-corrected chi connectivity index (χ3v) is 4.50. The Balaban J connectivity index is 1.87. The third-order valence-electron chi connectivity index (χ3n) is 2.75. The second-order valence-corrected chi connectivity index (χ2v) is 5.94. The van der Waals surface area contributed by atoms with Gasteiger partial charge in [-0.3, -0.25) is 4.98 Å². The molecular weight excluding hydrogens is 248 g/mol. The molecule has 1 unspecified atom stereocenters. The molecule has 0 aliphatic heterocycles. The Morgan fingerprint density at radius 3 is 3.00 bits per heavy atom. The number of fused-ring (bicyclic) bond motifs is 1. The van der Waals surface area contributed by atoms with Crippen LogP contribution in [0.5, 0.6) is 0 Å². The lowest BCUT2D eigenvalue weighted by Crippen LogP contribution is -2.12. The van der Waals surface area contributed by atoms with Gasteiger partial charge in [0.1, 0.15) is 0 Å². The van der Waals surface area contributed by atoms with E-state index in [4.69, 9.17) is 5.73 Å². The average Bonchev–Trinajstić information content (AvgIpc) is 2.97. The van der Waals surface area contributed by atoms with E-state index in [2.05, 4.69) is 33.9 Å². The van der Waals surface area contributed by atoms with Crippen molar-refractivity contribution in [2.75, 3.05) is 0 Å². The number of rotatable bonds is 3. The fraction of sp³-hybridized carbons (Fsp3) is 0.154. The van der Waals surface area contributed by atoms with Crippen molar-refractivity contribution in [2.24, 2.45) is 5.73 Å². The summed E-state index contributed by atoms with van der Waals surface area (Å²) in [4.78, 5) is 5.75. The molecule has 2 N–H and O–H groups in total. The quantitative estimate of drug-likeness (QED) is 0.781. The van der Waals surface area contributed by atoms with Crippen molar-refractivity contribution < 1.29 is 0 Å². The van der Waals surface area contributed by atoms with Crippen molar-refractivity contribution in [3.8, 4) is 0 Å². The summed E-state index contributed by atoms with van der Waals surface area (Å²) in [6.45, 7) is 0. The fourth-order valence-electron chi connectivity index (χ4n) is 1.83. The van der Waals surface area contributed by atoms with Gasteiger partial charge in [0, 0.05) is 23.5 Å². The van der Waals surface area contributed by atoms with Gasteiger partial charge in [0.25, 0.3) is 0 Å². The van der Waals surface area contributed by atoms with Crippen LogP contribution in [0.15, 0.2) is 41.2 Å². The van der Waals surface area contributed by atoms with E-state index in [9.17, 15) is 0 Å². The summed E-state index contributed by atoms with van der Waals surface area (Å²) in [5, 5.41) is 4.15. The number of hydrogen-bond donors (Lipinski definition) is 1. The molecule has 0 spiro atoms. The molecule has 17 heavy (non-hydrogen) atoms. The van der Waals surface area contributed by atoms with Crippen LogP contribution in [0.4, 0.5) is 0 Å². The van der Waals surface area contributed by atoms with E-state index in [1.807, 2.05) is 12.3 Å². The molecule has 3 aromatic rings. The SMILES string of the molecule is NC(Cc1cccs1)c1cnc2ccsc2c1. The minimum Gasteiger partial charge on any atom is -0.324 e. The van der Waals surface area contributed by atoms with Gasteiger partial charge in [-0.2, -0.15) is 0 Å². The molecular formula is C13H12N2S2.